The molecule has 0 radical (unpaired) electrons. The van der Waals surface area contributed by atoms with Gasteiger partial charge < -0.3 is 10.0 Å². The average Bonchev–Trinajstić information content (AvgIpc) is 2.58. The van der Waals surface area contributed by atoms with Gasteiger partial charge in [0.1, 0.15) is 17.7 Å². The summed E-state index contributed by atoms with van der Waals surface area (Å²) in [5, 5.41) is 9.55. The molecule has 1 unspecified atom stereocenters. The molecule has 0 saturated heterocycles. The lowest BCUT2D eigenvalue weighted by Crippen LogP contribution is -2.49. The summed E-state index contributed by atoms with van der Waals surface area (Å²) in [5.41, 5.74) is -0.0323. The van der Waals surface area contributed by atoms with Crippen LogP contribution in [-0.2, 0) is 16.0 Å². The number of aliphatic carboxylic acids is 1. The Morgan fingerprint density at radius 3 is 2.44 bits per heavy atom. The second-order valence-corrected chi connectivity index (χ2v) is 7.16. The number of carbonyl (C=O) groups excluding carboxylic acids is 1. The standard InChI is InChI=1S/C19H25F2NO3/c1-12(2)13-3-6-16(7-4-13)22(11-23)18(19(24)25)10-14-9-15(20)5-8-17(14)21/h5,8-9,11-13,16,18H,3-4,6-7,10H2,1-2H3,(H,24,25). The van der Waals surface area contributed by atoms with Crippen molar-refractivity contribution >= 4 is 12.4 Å². The summed E-state index contributed by atoms with van der Waals surface area (Å²) in [6.45, 7) is 4.32. The van der Waals surface area contributed by atoms with Crippen molar-refractivity contribution in [3.63, 3.8) is 0 Å². The molecule has 6 heteroatoms. The fraction of sp³-hybridized carbons (Fsp3) is 0.579. The van der Waals surface area contributed by atoms with Crippen LogP contribution in [0.25, 0.3) is 0 Å². The molecule has 0 bridgehead atoms. The molecule has 4 nitrogen and oxygen atoms in total. The zero-order valence-corrected chi connectivity index (χ0v) is 14.6. The van der Waals surface area contributed by atoms with Crippen LogP contribution in [0.15, 0.2) is 18.2 Å². The molecule has 1 aliphatic rings. The van der Waals surface area contributed by atoms with E-state index in [9.17, 15) is 23.5 Å². The van der Waals surface area contributed by atoms with E-state index in [1.54, 1.807) is 0 Å². The molecule has 1 atom stereocenters. The van der Waals surface area contributed by atoms with Gasteiger partial charge in [0.15, 0.2) is 0 Å². The number of nitrogens with zero attached hydrogens (tertiary/aromatic N) is 1. The van der Waals surface area contributed by atoms with E-state index in [1.807, 2.05) is 0 Å². The van der Waals surface area contributed by atoms with E-state index in [-0.39, 0.29) is 18.0 Å². The molecule has 1 aliphatic carbocycles. The number of benzene rings is 1. The molecule has 138 valence electrons. The number of hydrogen-bond donors (Lipinski definition) is 1. The molecule has 1 aromatic rings. The Morgan fingerprint density at radius 1 is 1.28 bits per heavy atom. The highest BCUT2D eigenvalue weighted by atomic mass is 19.1. The first-order chi connectivity index (χ1) is 11.8. The van der Waals surface area contributed by atoms with E-state index < -0.39 is 23.6 Å². The third-order valence-electron chi connectivity index (χ3n) is 5.29. The van der Waals surface area contributed by atoms with E-state index in [0.717, 1.165) is 43.9 Å². The minimum atomic E-state index is -1.21. The van der Waals surface area contributed by atoms with Crippen molar-refractivity contribution in [1.29, 1.82) is 0 Å². The highest BCUT2D eigenvalue weighted by molar-refractivity contribution is 5.77. The van der Waals surface area contributed by atoms with Crippen molar-refractivity contribution in [2.45, 2.75) is 58.0 Å². The third kappa shape index (κ3) is 4.77. The molecule has 0 spiro atoms. The van der Waals surface area contributed by atoms with Crippen LogP contribution in [0, 0.1) is 23.5 Å². The van der Waals surface area contributed by atoms with E-state index in [1.165, 1.54) is 4.90 Å². The zero-order valence-electron chi connectivity index (χ0n) is 14.6. The molecule has 1 N–H and O–H groups in total. The van der Waals surface area contributed by atoms with Gasteiger partial charge in [0.2, 0.25) is 6.41 Å². The van der Waals surface area contributed by atoms with Crippen molar-refractivity contribution in [3.05, 3.63) is 35.4 Å². The monoisotopic (exact) mass is 353 g/mol. The predicted molar refractivity (Wildman–Crippen MR) is 90.0 cm³/mol. The first kappa shape index (κ1) is 19.3. The summed E-state index contributed by atoms with van der Waals surface area (Å²) in [4.78, 5) is 24.6. The lowest BCUT2D eigenvalue weighted by Gasteiger charge is -2.38. The maximum Gasteiger partial charge on any atom is 0.326 e. The van der Waals surface area contributed by atoms with Gasteiger partial charge in [0.25, 0.3) is 0 Å². The molecule has 2 rings (SSSR count). The van der Waals surface area contributed by atoms with Crippen LogP contribution in [0.1, 0.15) is 45.1 Å². The number of halogens is 2. The zero-order chi connectivity index (χ0) is 18.6. The Labute approximate surface area is 146 Å². The Balaban J connectivity index is 2.15. The molecule has 1 fully saturated rings. The van der Waals surface area contributed by atoms with Crippen molar-refractivity contribution < 1.29 is 23.5 Å². The average molecular weight is 353 g/mol. The predicted octanol–water partition coefficient (Wildman–Crippen LogP) is 3.63. The van der Waals surface area contributed by atoms with Gasteiger partial charge in [-0.15, -0.1) is 0 Å². The highest BCUT2D eigenvalue weighted by Crippen LogP contribution is 2.33. The quantitative estimate of drug-likeness (QED) is 0.762. The molecule has 25 heavy (non-hydrogen) atoms. The summed E-state index contributed by atoms with van der Waals surface area (Å²) >= 11 is 0. The van der Waals surface area contributed by atoms with E-state index in [4.69, 9.17) is 0 Å². The summed E-state index contributed by atoms with van der Waals surface area (Å²) in [6, 6.07) is 1.57. The van der Waals surface area contributed by atoms with E-state index >= 15 is 0 Å². The fourth-order valence-electron chi connectivity index (χ4n) is 3.71. The summed E-state index contributed by atoms with van der Waals surface area (Å²) in [7, 11) is 0. The van der Waals surface area contributed by atoms with Crippen molar-refractivity contribution in [1.82, 2.24) is 4.90 Å². The Bertz CT molecular complexity index is 613. The Hall–Kier alpha value is -1.98. The number of amides is 1. The molecule has 1 saturated carbocycles. The second kappa shape index (κ2) is 8.41. The topological polar surface area (TPSA) is 57.6 Å². The summed E-state index contributed by atoms with van der Waals surface area (Å²) in [6.07, 6.45) is 3.63. The van der Waals surface area contributed by atoms with E-state index in [0.29, 0.717) is 18.2 Å². The van der Waals surface area contributed by atoms with Gasteiger partial charge in [-0.05, 0) is 61.3 Å². The van der Waals surface area contributed by atoms with Crippen molar-refractivity contribution in [2.24, 2.45) is 11.8 Å². The maximum absolute atomic E-state index is 13.9. The number of carboxylic acid groups (broad SMARTS) is 1. The van der Waals surface area contributed by atoms with Gasteiger partial charge in [0, 0.05) is 12.5 Å². The molecule has 0 aromatic heterocycles. The minimum Gasteiger partial charge on any atom is -0.480 e. The van der Waals surface area contributed by atoms with Crippen LogP contribution >= 0.6 is 0 Å². The molecular weight excluding hydrogens is 328 g/mol. The van der Waals surface area contributed by atoms with Crippen LogP contribution in [0.3, 0.4) is 0 Å². The smallest absolute Gasteiger partial charge is 0.326 e. The van der Waals surface area contributed by atoms with Crippen LogP contribution in [0.4, 0.5) is 8.78 Å². The minimum absolute atomic E-state index is 0.0323. The van der Waals surface area contributed by atoms with Crippen LogP contribution in [0.5, 0.6) is 0 Å². The molecule has 0 aliphatic heterocycles. The molecular formula is C19H25F2NO3. The van der Waals surface area contributed by atoms with Gasteiger partial charge >= 0.3 is 5.97 Å². The normalized spacial score (nSPS) is 21.8. The molecule has 1 amide bonds. The van der Waals surface area contributed by atoms with Crippen molar-refractivity contribution in [2.75, 3.05) is 0 Å². The van der Waals surface area contributed by atoms with Gasteiger partial charge in [-0.3, -0.25) is 4.79 Å². The van der Waals surface area contributed by atoms with E-state index in [2.05, 4.69) is 13.8 Å². The first-order valence-electron chi connectivity index (χ1n) is 8.73. The van der Waals surface area contributed by atoms with Crippen LogP contribution in [-0.4, -0.2) is 34.5 Å². The summed E-state index contributed by atoms with van der Waals surface area (Å²) in [5.74, 6) is -1.37. The first-order valence-corrected chi connectivity index (χ1v) is 8.73. The largest absolute Gasteiger partial charge is 0.480 e. The van der Waals surface area contributed by atoms with Crippen LogP contribution < -0.4 is 0 Å². The van der Waals surface area contributed by atoms with Gasteiger partial charge in [-0.2, -0.15) is 0 Å². The van der Waals surface area contributed by atoms with Gasteiger partial charge in [-0.25, -0.2) is 13.6 Å². The fourth-order valence-corrected chi connectivity index (χ4v) is 3.71. The number of carbonyl (C=O) groups is 2. The highest BCUT2D eigenvalue weighted by Gasteiger charge is 2.34. The Morgan fingerprint density at radius 2 is 1.92 bits per heavy atom. The van der Waals surface area contributed by atoms with Crippen molar-refractivity contribution in [3.8, 4) is 0 Å². The summed E-state index contributed by atoms with van der Waals surface area (Å²) < 4.78 is 27.2. The Kier molecular flexibility index (Phi) is 6.51. The molecule has 0 heterocycles. The molecule has 1 aromatic carbocycles. The number of rotatable bonds is 7. The second-order valence-electron chi connectivity index (χ2n) is 7.16. The lowest BCUT2D eigenvalue weighted by molar-refractivity contribution is -0.148. The number of carboxylic acids is 1. The van der Waals surface area contributed by atoms with Gasteiger partial charge in [-0.1, -0.05) is 13.8 Å². The lowest BCUT2D eigenvalue weighted by atomic mass is 9.79. The van der Waals surface area contributed by atoms with Crippen LogP contribution in [0.2, 0.25) is 0 Å². The van der Waals surface area contributed by atoms with Gasteiger partial charge in [0.05, 0.1) is 0 Å². The SMILES string of the molecule is CC(C)C1CCC(N(C=O)C(Cc2cc(F)ccc2F)C(=O)O)CC1. The third-order valence-corrected chi connectivity index (χ3v) is 5.29. The maximum atomic E-state index is 13.9. The number of hydrogen-bond acceptors (Lipinski definition) is 2.